The molecule has 18 heavy (non-hydrogen) atoms. The lowest BCUT2D eigenvalue weighted by molar-refractivity contribution is 0.540. The highest BCUT2D eigenvalue weighted by Crippen LogP contribution is 2.21. The van der Waals surface area contributed by atoms with E-state index in [2.05, 4.69) is 4.98 Å². The van der Waals surface area contributed by atoms with Gasteiger partial charge in [0, 0.05) is 5.56 Å². The maximum atomic E-state index is 5.71. The van der Waals surface area contributed by atoms with Gasteiger partial charge in [0.15, 0.2) is 0 Å². The van der Waals surface area contributed by atoms with Crippen LogP contribution in [0.5, 0.6) is 0 Å². The predicted molar refractivity (Wildman–Crippen MR) is 78.9 cm³/mol. The number of hydrogen-bond donors (Lipinski definition) is 0. The monoisotopic (exact) mass is 267 g/mol. The first-order chi connectivity index (χ1) is 8.81. The van der Waals surface area contributed by atoms with Gasteiger partial charge in [-0.3, -0.25) is 0 Å². The molecule has 2 nitrogen and oxygen atoms in total. The normalized spacial score (nSPS) is 8.78. The second-order valence-electron chi connectivity index (χ2n) is 3.02. The van der Waals surface area contributed by atoms with Crippen LogP contribution in [-0.4, -0.2) is 4.98 Å². The van der Waals surface area contributed by atoms with E-state index >= 15 is 0 Å². The van der Waals surface area contributed by atoms with Crippen molar-refractivity contribution in [2.75, 3.05) is 0 Å². The van der Waals surface area contributed by atoms with Crippen molar-refractivity contribution in [3.63, 3.8) is 0 Å². The summed E-state index contributed by atoms with van der Waals surface area (Å²) in [4.78, 5) is 4.30. The van der Waals surface area contributed by atoms with Crippen molar-refractivity contribution < 1.29 is 4.42 Å². The first-order valence-electron chi connectivity index (χ1n) is 6.39. The van der Waals surface area contributed by atoms with Crippen LogP contribution >= 0.6 is 11.6 Å². The number of nitrogens with zero attached hydrogens (tertiary/aromatic N) is 1. The smallest absolute Gasteiger partial charge is 0.226 e. The van der Waals surface area contributed by atoms with Gasteiger partial charge in [-0.25, -0.2) is 4.98 Å². The lowest BCUT2D eigenvalue weighted by Crippen LogP contribution is -1.80. The Morgan fingerprint density at radius 2 is 1.61 bits per heavy atom. The molecule has 1 aromatic heterocycles. The van der Waals surface area contributed by atoms with E-state index in [1.165, 1.54) is 0 Å². The summed E-state index contributed by atoms with van der Waals surface area (Å²) >= 11 is 5.71. The molecule has 0 aliphatic rings. The summed E-state index contributed by atoms with van der Waals surface area (Å²) in [7, 11) is 0. The Labute approximate surface area is 115 Å². The summed E-state index contributed by atoms with van der Waals surface area (Å²) < 4.78 is 5.50. The highest BCUT2D eigenvalue weighted by atomic mass is 35.5. The minimum Gasteiger partial charge on any atom is -0.441 e. The van der Waals surface area contributed by atoms with Crippen LogP contribution in [-0.2, 0) is 5.88 Å². The molecule has 0 saturated heterocycles. The molecule has 0 bridgehead atoms. The Hall–Kier alpha value is -1.28. The van der Waals surface area contributed by atoms with Crippen LogP contribution in [0.4, 0.5) is 0 Å². The molecule has 2 aromatic rings. The molecule has 0 aliphatic heterocycles. The van der Waals surface area contributed by atoms with Crippen LogP contribution in [0.1, 0.15) is 39.1 Å². The summed E-state index contributed by atoms with van der Waals surface area (Å²) in [6.07, 6.45) is 0. The van der Waals surface area contributed by atoms with Crippen molar-refractivity contribution in [1.29, 1.82) is 0 Å². The third-order valence-electron chi connectivity index (χ3n) is 2.04. The Morgan fingerprint density at radius 3 is 2.06 bits per heavy atom. The van der Waals surface area contributed by atoms with Gasteiger partial charge in [0.05, 0.1) is 11.6 Å². The van der Waals surface area contributed by atoms with Crippen LogP contribution in [0.25, 0.3) is 11.5 Å². The third kappa shape index (κ3) is 4.53. The van der Waals surface area contributed by atoms with Gasteiger partial charge >= 0.3 is 0 Å². The van der Waals surface area contributed by atoms with Crippen molar-refractivity contribution in [3.8, 4) is 11.5 Å². The molecule has 0 aliphatic carbocycles. The summed E-state index contributed by atoms with van der Waals surface area (Å²) in [5.41, 5.74) is 1.79. The molecule has 0 atom stereocenters. The van der Waals surface area contributed by atoms with Crippen molar-refractivity contribution in [3.05, 3.63) is 41.8 Å². The highest BCUT2D eigenvalue weighted by Gasteiger charge is 2.09. The number of aryl methyl sites for hydroxylation is 1. The average molecular weight is 268 g/mol. The Kier molecular flexibility index (Phi) is 9.03. The summed E-state index contributed by atoms with van der Waals surface area (Å²) in [5.74, 6) is 1.82. The molecule has 1 aromatic carbocycles. The molecule has 2 rings (SSSR count). The predicted octanol–water partition coefficient (Wildman–Crippen LogP) is 5.44. The molecule has 0 radical (unpaired) electrons. The Bertz CT molecular complexity index is 423. The topological polar surface area (TPSA) is 26.0 Å². The number of alkyl halides is 1. The summed E-state index contributed by atoms with van der Waals surface area (Å²) in [6, 6.07) is 9.79. The third-order valence-corrected chi connectivity index (χ3v) is 2.29. The summed E-state index contributed by atoms with van der Waals surface area (Å²) in [5, 5.41) is 0. The maximum absolute atomic E-state index is 5.71. The highest BCUT2D eigenvalue weighted by molar-refractivity contribution is 6.16. The van der Waals surface area contributed by atoms with Gasteiger partial charge in [-0.05, 0) is 19.1 Å². The fourth-order valence-electron chi connectivity index (χ4n) is 1.26. The molecular weight excluding hydrogens is 246 g/mol. The first kappa shape index (κ1) is 16.7. The van der Waals surface area contributed by atoms with Gasteiger partial charge in [-0.15, -0.1) is 11.6 Å². The van der Waals surface area contributed by atoms with Gasteiger partial charge in [0.1, 0.15) is 5.76 Å². The van der Waals surface area contributed by atoms with Gasteiger partial charge in [0.2, 0.25) is 5.89 Å². The molecule has 0 fully saturated rings. The second-order valence-corrected chi connectivity index (χ2v) is 3.29. The Morgan fingerprint density at radius 1 is 1.06 bits per heavy atom. The van der Waals surface area contributed by atoms with Crippen LogP contribution in [0.2, 0.25) is 0 Å². The zero-order valence-electron chi connectivity index (χ0n) is 11.8. The van der Waals surface area contributed by atoms with E-state index in [1.54, 1.807) is 0 Å². The number of aromatic nitrogens is 1. The molecule has 0 spiro atoms. The largest absolute Gasteiger partial charge is 0.441 e. The molecule has 100 valence electrons. The number of oxazole rings is 1. The second kappa shape index (κ2) is 9.72. The number of benzene rings is 1. The van der Waals surface area contributed by atoms with Gasteiger partial charge in [-0.1, -0.05) is 45.9 Å². The zero-order valence-corrected chi connectivity index (χ0v) is 12.6. The molecule has 0 unspecified atom stereocenters. The lowest BCUT2D eigenvalue weighted by atomic mass is 10.2. The SMILES string of the molecule is CC.CC.Cc1oc(-c2ccccc2)nc1CCl. The van der Waals surface area contributed by atoms with Crippen molar-refractivity contribution in [2.45, 2.75) is 40.5 Å². The van der Waals surface area contributed by atoms with E-state index in [1.807, 2.05) is 65.0 Å². The van der Waals surface area contributed by atoms with E-state index in [-0.39, 0.29) is 0 Å². The van der Waals surface area contributed by atoms with Gasteiger partial charge in [-0.2, -0.15) is 0 Å². The molecule has 3 heteroatoms. The number of rotatable bonds is 2. The van der Waals surface area contributed by atoms with Crippen molar-refractivity contribution in [2.24, 2.45) is 0 Å². The fourth-order valence-corrected chi connectivity index (χ4v) is 1.50. The number of halogens is 1. The molecule has 0 N–H and O–H groups in total. The molecule has 0 saturated carbocycles. The van der Waals surface area contributed by atoms with Crippen LogP contribution < -0.4 is 0 Å². The van der Waals surface area contributed by atoms with Gasteiger partial charge in [0.25, 0.3) is 0 Å². The van der Waals surface area contributed by atoms with E-state index < -0.39 is 0 Å². The fraction of sp³-hybridized carbons (Fsp3) is 0.400. The van der Waals surface area contributed by atoms with E-state index in [0.717, 1.165) is 17.0 Å². The first-order valence-corrected chi connectivity index (χ1v) is 6.92. The lowest BCUT2D eigenvalue weighted by Gasteiger charge is -1.91. The van der Waals surface area contributed by atoms with Crippen molar-refractivity contribution >= 4 is 11.6 Å². The van der Waals surface area contributed by atoms with Crippen LogP contribution in [0.3, 0.4) is 0 Å². The van der Waals surface area contributed by atoms with Crippen LogP contribution in [0, 0.1) is 6.92 Å². The zero-order chi connectivity index (χ0) is 14.0. The maximum Gasteiger partial charge on any atom is 0.226 e. The quantitative estimate of drug-likeness (QED) is 0.677. The minimum absolute atomic E-state index is 0.391. The average Bonchev–Trinajstić information content (AvgIpc) is 2.85. The minimum atomic E-state index is 0.391. The molecule has 1 heterocycles. The van der Waals surface area contributed by atoms with E-state index in [4.69, 9.17) is 16.0 Å². The van der Waals surface area contributed by atoms with Gasteiger partial charge < -0.3 is 4.42 Å². The molecule has 0 amide bonds. The number of hydrogen-bond acceptors (Lipinski definition) is 2. The summed E-state index contributed by atoms with van der Waals surface area (Å²) in [6.45, 7) is 9.87. The standard InChI is InChI=1S/C11H10ClNO.2C2H6/c1-8-10(7-12)13-11(14-8)9-5-3-2-4-6-9;2*1-2/h2-6H,7H2,1H3;2*1-2H3. The van der Waals surface area contributed by atoms with Crippen LogP contribution in [0.15, 0.2) is 34.7 Å². The van der Waals surface area contributed by atoms with E-state index in [9.17, 15) is 0 Å². The van der Waals surface area contributed by atoms with E-state index in [0.29, 0.717) is 11.8 Å². The van der Waals surface area contributed by atoms with Crippen molar-refractivity contribution in [1.82, 2.24) is 4.98 Å². The molecular formula is C15H22ClNO. The Balaban J connectivity index is 0.000000659.